The van der Waals surface area contributed by atoms with E-state index in [4.69, 9.17) is 5.73 Å². The number of primary amides is 1. The van der Waals surface area contributed by atoms with Gasteiger partial charge in [0.05, 0.1) is 11.6 Å². The standard InChI is InChI=1S/C40H58N6O6/c1-37(2,3)31(45-35(51)29(25-14-7-6-8-15-25)44-33(49)26-16-10-19-42-22-26)36(52)46-23-40(38(4,5)39(40)17-11-18-39)21-28(46)34(50)43-27(30(47)32(41)48)20-24-12-9-13-24/h10,16,19,22,24-25,27-29,31H,6-9,11-15,17-18,20-21,23H2,1-5H3,(H2,41,48)(H,43,50)(H,44,49)(H,45,51). The van der Waals surface area contributed by atoms with Crippen LogP contribution < -0.4 is 21.7 Å². The number of pyridine rings is 1. The zero-order valence-electron chi connectivity index (χ0n) is 31.6. The van der Waals surface area contributed by atoms with E-state index in [0.29, 0.717) is 24.9 Å². The highest BCUT2D eigenvalue weighted by Gasteiger charge is 2.85. The first-order valence-electron chi connectivity index (χ1n) is 19.5. The van der Waals surface area contributed by atoms with Gasteiger partial charge in [0.25, 0.3) is 11.8 Å². The van der Waals surface area contributed by atoms with Crippen molar-refractivity contribution >= 4 is 35.3 Å². The molecule has 5 aliphatic rings. The average molecular weight is 719 g/mol. The molecular weight excluding hydrogens is 660 g/mol. The molecule has 5 amide bonds. The maximum Gasteiger partial charge on any atom is 0.287 e. The first kappa shape index (κ1) is 37.9. The molecule has 12 nitrogen and oxygen atoms in total. The van der Waals surface area contributed by atoms with Crippen LogP contribution in [0, 0.1) is 33.5 Å². The predicted molar refractivity (Wildman–Crippen MR) is 194 cm³/mol. The van der Waals surface area contributed by atoms with Crippen molar-refractivity contribution in [3.63, 3.8) is 0 Å². The smallest absolute Gasteiger partial charge is 0.287 e. The van der Waals surface area contributed by atoms with E-state index in [2.05, 4.69) is 34.8 Å². The first-order chi connectivity index (χ1) is 24.5. The normalized spacial score (nSPS) is 26.7. The number of nitrogens with one attached hydrogen (secondary N) is 3. The lowest BCUT2D eigenvalue weighted by atomic mass is 9.73. The van der Waals surface area contributed by atoms with Crippen LogP contribution in [0.25, 0.3) is 0 Å². The zero-order valence-corrected chi connectivity index (χ0v) is 31.6. The minimum atomic E-state index is -1.09. The molecule has 52 heavy (non-hydrogen) atoms. The molecule has 0 radical (unpaired) electrons. The molecular formula is C40H58N6O6. The number of nitrogens with zero attached hydrogens (tertiary/aromatic N) is 2. The van der Waals surface area contributed by atoms with Gasteiger partial charge in [-0.15, -0.1) is 0 Å². The third kappa shape index (κ3) is 6.63. The summed E-state index contributed by atoms with van der Waals surface area (Å²) in [7, 11) is 0. The summed E-state index contributed by atoms with van der Waals surface area (Å²) in [5.74, 6) is -3.46. The van der Waals surface area contributed by atoms with E-state index in [9.17, 15) is 28.8 Å². The van der Waals surface area contributed by atoms with Crippen molar-refractivity contribution < 1.29 is 28.8 Å². The van der Waals surface area contributed by atoms with Crippen LogP contribution in [0.4, 0.5) is 0 Å². The molecule has 12 heteroatoms. The molecule has 4 aliphatic carbocycles. The zero-order chi connectivity index (χ0) is 37.6. The van der Waals surface area contributed by atoms with Crippen LogP contribution in [0.5, 0.6) is 0 Å². The Morgan fingerprint density at radius 2 is 1.62 bits per heavy atom. The molecule has 284 valence electrons. The Kier molecular flexibility index (Phi) is 10.3. The highest BCUT2D eigenvalue weighted by molar-refractivity contribution is 6.37. The van der Waals surface area contributed by atoms with Gasteiger partial charge >= 0.3 is 0 Å². The Bertz CT molecular complexity index is 1570. The fourth-order valence-electron chi connectivity index (χ4n) is 10.4. The molecule has 4 saturated carbocycles. The maximum absolute atomic E-state index is 15.0. The van der Waals surface area contributed by atoms with Crippen molar-refractivity contribution in [3.05, 3.63) is 30.1 Å². The number of carbonyl (C=O) groups excluding carboxylic acids is 6. The van der Waals surface area contributed by atoms with Gasteiger partial charge in [-0.05, 0) is 78.7 Å². The van der Waals surface area contributed by atoms with Crippen molar-refractivity contribution in [2.75, 3.05) is 6.54 Å². The summed E-state index contributed by atoms with van der Waals surface area (Å²) in [4.78, 5) is 87.7. The Hall–Kier alpha value is -3.83. The lowest BCUT2D eigenvalue weighted by molar-refractivity contribution is -0.145. The Morgan fingerprint density at radius 1 is 0.923 bits per heavy atom. The van der Waals surface area contributed by atoms with Gasteiger partial charge in [-0.25, -0.2) is 0 Å². The Balaban J connectivity index is 1.28. The quantitative estimate of drug-likeness (QED) is 0.237. The van der Waals surface area contributed by atoms with Gasteiger partial charge < -0.3 is 26.6 Å². The van der Waals surface area contributed by atoms with E-state index < -0.39 is 59.0 Å². The van der Waals surface area contributed by atoms with Crippen LogP contribution >= 0.6 is 0 Å². The molecule has 1 saturated heterocycles. The van der Waals surface area contributed by atoms with Crippen molar-refractivity contribution in [1.82, 2.24) is 25.8 Å². The molecule has 0 aromatic carbocycles. The van der Waals surface area contributed by atoms with Gasteiger partial charge in [-0.1, -0.05) is 79.6 Å². The lowest BCUT2D eigenvalue weighted by Gasteiger charge is -2.38. The van der Waals surface area contributed by atoms with Crippen molar-refractivity contribution in [2.24, 2.45) is 39.2 Å². The Morgan fingerprint density at radius 3 is 2.13 bits per heavy atom. The number of aromatic nitrogens is 1. The monoisotopic (exact) mass is 718 g/mol. The largest absolute Gasteiger partial charge is 0.363 e. The number of nitrogens with two attached hydrogens (primary N) is 1. The number of rotatable bonds is 12. The van der Waals surface area contributed by atoms with E-state index in [0.717, 1.165) is 70.6 Å². The van der Waals surface area contributed by atoms with Gasteiger partial charge in [0, 0.05) is 24.4 Å². The molecule has 5 unspecified atom stereocenters. The van der Waals surface area contributed by atoms with Gasteiger partial charge in [0.15, 0.2) is 0 Å². The third-order valence-corrected chi connectivity index (χ3v) is 14.1. The second-order valence-electron chi connectivity index (χ2n) is 18.0. The van der Waals surface area contributed by atoms with Crippen molar-refractivity contribution in [1.29, 1.82) is 0 Å². The van der Waals surface area contributed by atoms with Gasteiger partial charge in [-0.3, -0.25) is 33.8 Å². The van der Waals surface area contributed by atoms with E-state index in [1.54, 1.807) is 23.2 Å². The van der Waals surface area contributed by atoms with Crippen LogP contribution in [0.1, 0.15) is 128 Å². The fourth-order valence-corrected chi connectivity index (χ4v) is 10.4. The number of hydrogen-bond acceptors (Lipinski definition) is 7. The predicted octanol–water partition coefficient (Wildman–Crippen LogP) is 3.82. The number of fused-ring (bicyclic) bond motifs is 1. The van der Waals surface area contributed by atoms with E-state index in [-0.39, 0.29) is 34.0 Å². The summed E-state index contributed by atoms with van der Waals surface area (Å²) in [5.41, 5.74) is 4.64. The van der Waals surface area contributed by atoms with E-state index in [1.165, 1.54) is 6.20 Å². The molecule has 2 spiro atoms. The number of Topliss-reactive ketones (excluding diaryl/α,β-unsaturated/α-hetero) is 1. The summed E-state index contributed by atoms with van der Waals surface area (Å²) >= 11 is 0. The molecule has 1 aromatic heterocycles. The minimum absolute atomic E-state index is 0.0189. The molecule has 2 heterocycles. The van der Waals surface area contributed by atoms with Gasteiger partial charge in [0.1, 0.15) is 18.1 Å². The fraction of sp³-hybridized carbons (Fsp3) is 0.725. The Labute approximate surface area is 307 Å². The first-order valence-corrected chi connectivity index (χ1v) is 19.5. The van der Waals surface area contributed by atoms with Crippen LogP contribution in [0.2, 0.25) is 0 Å². The summed E-state index contributed by atoms with van der Waals surface area (Å²) in [6.07, 6.45) is 14.4. The molecule has 1 aliphatic heterocycles. The maximum atomic E-state index is 15.0. The molecule has 1 aromatic rings. The summed E-state index contributed by atoms with van der Waals surface area (Å²) < 4.78 is 0. The summed E-state index contributed by atoms with van der Waals surface area (Å²) in [6.45, 7) is 10.5. The highest BCUT2D eigenvalue weighted by Crippen LogP contribution is 2.88. The number of hydrogen-bond donors (Lipinski definition) is 4. The topological polar surface area (TPSA) is 181 Å². The molecule has 6 rings (SSSR count). The summed E-state index contributed by atoms with van der Waals surface area (Å²) in [5, 5.41) is 8.92. The van der Waals surface area contributed by atoms with Crippen molar-refractivity contribution in [2.45, 2.75) is 142 Å². The number of carbonyl (C=O) groups is 6. The minimum Gasteiger partial charge on any atom is -0.363 e. The van der Waals surface area contributed by atoms with Crippen molar-refractivity contribution in [3.8, 4) is 0 Å². The summed E-state index contributed by atoms with van der Waals surface area (Å²) in [6, 6.07) is -0.492. The SMILES string of the molecule is CC(C)(C)C(NC(=O)C(NC(=O)c1cccnc1)C1CCCCC1)C(=O)N1CC2(CC1C(=O)NC(CC1CCC1)C(=O)C(N)=O)C(C)(C)C21CCC1. The van der Waals surface area contributed by atoms with Gasteiger partial charge in [0.2, 0.25) is 23.5 Å². The second-order valence-corrected chi connectivity index (χ2v) is 18.0. The molecule has 5 fully saturated rings. The average Bonchev–Trinajstić information content (AvgIpc) is 3.28. The lowest BCUT2D eigenvalue weighted by Crippen LogP contribution is -2.62. The second kappa shape index (κ2) is 14.2. The molecule has 5 N–H and O–H groups in total. The number of ketones is 1. The van der Waals surface area contributed by atoms with Crippen LogP contribution in [-0.4, -0.2) is 75.9 Å². The molecule has 0 bridgehead atoms. The third-order valence-electron chi connectivity index (χ3n) is 14.1. The molecule has 5 atom stereocenters. The van der Waals surface area contributed by atoms with E-state index in [1.807, 2.05) is 20.8 Å². The van der Waals surface area contributed by atoms with Gasteiger partial charge in [-0.2, -0.15) is 0 Å². The van der Waals surface area contributed by atoms with Crippen LogP contribution in [0.3, 0.4) is 0 Å². The van der Waals surface area contributed by atoms with E-state index >= 15 is 0 Å². The van der Waals surface area contributed by atoms with Crippen LogP contribution in [-0.2, 0) is 24.0 Å². The van der Waals surface area contributed by atoms with Crippen LogP contribution in [0.15, 0.2) is 24.5 Å². The highest BCUT2D eigenvalue weighted by atomic mass is 16.2. The number of amides is 5. The number of likely N-dealkylation sites (tertiary alicyclic amines) is 1.